The number of hydrogen-bond acceptors (Lipinski definition) is 4. The van der Waals surface area contributed by atoms with E-state index in [9.17, 15) is 4.79 Å². The molecule has 58 valence electrons. The molecule has 1 aromatic heterocycles. The normalized spacial score (nSPS) is 17.8. The van der Waals surface area contributed by atoms with E-state index in [2.05, 4.69) is 4.98 Å². The van der Waals surface area contributed by atoms with E-state index >= 15 is 0 Å². The number of aromatic nitrogens is 1. The van der Waals surface area contributed by atoms with E-state index in [1.165, 1.54) is 0 Å². The minimum Gasteiger partial charge on any atom is -0.340 e. The second-order valence-corrected chi connectivity index (χ2v) is 3.40. The van der Waals surface area contributed by atoms with Crippen LogP contribution in [0.15, 0.2) is 11.6 Å². The Bertz CT molecular complexity index is 257. The molecular weight excluding hydrogens is 160 g/mol. The van der Waals surface area contributed by atoms with Gasteiger partial charge >= 0.3 is 0 Å². The highest BCUT2D eigenvalue weighted by atomic mass is 32.1. The van der Waals surface area contributed by atoms with Crippen molar-refractivity contribution in [2.45, 2.75) is 6.42 Å². The van der Waals surface area contributed by atoms with Crippen LogP contribution in [0.1, 0.15) is 6.42 Å². The maximum atomic E-state index is 10.9. The Hall–Kier alpha value is -0.900. The highest BCUT2D eigenvalue weighted by Crippen LogP contribution is 2.20. The molecule has 4 heteroatoms. The van der Waals surface area contributed by atoms with Gasteiger partial charge in [0.05, 0.1) is 6.54 Å². The summed E-state index contributed by atoms with van der Waals surface area (Å²) in [5.41, 5.74) is 0. The molecule has 0 N–H and O–H groups in total. The molecule has 1 aliphatic rings. The molecule has 0 aromatic carbocycles. The first-order valence-electron chi connectivity index (χ1n) is 3.52. The molecule has 1 fully saturated rings. The molecule has 2 rings (SSSR count). The van der Waals surface area contributed by atoms with Crippen LogP contribution in [-0.2, 0) is 4.79 Å². The zero-order chi connectivity index (χ0) is 7.68. The van der Waals surface area contributed by atoms with Crippen LogP contribution in [0.4, 0.5) is 5.13 Å². The van der Waals surface area contributed by atoms with Crippen molar-refractivity contribution in [2.75, 3.05) is 18.0 Å². The van der Waals surface area contributed by atoms with E-state index in [4.69, 9.17) is 0 Å². The first-order chi connectivity index (χ1) is 5.36. The van der Waals surface area contributed by atoms with E-state index in [1.807, 2.05) is 10.3 Å². The van der Waals surface area contributed by atoms with Gasteiger partial charge < -0.3 is 4.90 Å². The van der Waals surface area contributed by atoms with Crippen LogP contribution >= 0.6 is 11.3 Å². The van der Waals surface area contributed by atoms with Crippen molar-refractivity contribution in [1.29, 1.82) is 0 Å². The summed E-state index contributed by atoms with van der Waals surface area (Å²) in [4.78, 5) is 17.0. The van der Waals surface area contributed by atoms with Gasteiger partial charge in [0.25, 0.3) is 0 Å². The number of Topliss-reactive ketones (excluding diaryl/α,β-unsaturated/α-hetero) is 1. The van der Waals surface area contributed by atoms with Crippen LogP contribution in [0, 0.1) is 0 Å². The van der Waals surface area contributed by atoms with Crippen molar-refractivity contribution in [3.8, 4) is 0 Å². The Balaban J connectivity index is 2.13. The molecule has 1 aromatic rings. The summed E-state index contributed by atoms with van der Waals surface area (Å²) in [5, 5.41) is 2.90. The van der Waals surface area contributed by atoms with Crippen LogP contribution in [0.3, 0.4) is 0 Å². The van der Waals surface area contributed by atoms with E-state index < -0.39 is 0 Å². The van der Waals surface area contributed by atoms with Crippen LogP contribution in [0.25, 0.3) is 0 Å². The number of carbonyl (C=O) groups excluding carboxylic acids is 1. The van der Waals surface area contributed by atoms with E-state index in [-0.39, 0.29) is 0 Å². The van der Waals surface area contributed by atoms with Crippen molar-refractivity contribution >= 4 is 22.3 Å². The van der Waals surface area contributed by atoms with Crippen LogP contribution in [0.2, 0.25) is 0 Å². The van der Waals surface area contributed by atoms with E-state index in [0.29, 0.717) is 18.7 Å². The average Bonchev–Trinajstić information content (AvgIpc) is 2.55. The zero-order valence-electron chi connectivity index (χ0n) is 5.99. The molecule has 0 unspecified atom stereocenters. The predicted molar refractivity (Wildman–Crippen MR) is 44.0 cm³/mol. The largest absolute Gasteiger partial charge is 0.340 e. The molecular formula is C7H8N2OS. The van der Waals surface area contributed by atoms with Crippen molar-refractivity contribution in [2.24, 2.45) is 0 Å². The summed E-state index contributed by atoms with van der Waals surface area (Å²) in [6.07, 6.45) is 2.45. The van der Waals surface area contributed by atoms with E-state index in [0.717, 1.165) is 11.7 Å². The maximum absolute atomic E-state index is 10.9. The highest BCUT2D eigenvalue weighted by molar-refractivity contribution is 7.13. The second kappa shape index (κ2) is 2.62. The first-order valence-corrected chi connectivity index (χ1v) is 4.40. The minimum atomic E-state index is 0.320. The number of thiazole rings is 1. The fourth-order valence-electron chi connectivity index (χ4n) is 1.17. The summed E-state index contributed by atoms with van der Waals surface area (Å²) in [7, 11) is 0. The summed E-state index contributed by atoms with van der Waals surface area (Å²) in [5.74, 6) is 0.320. The number of nitrogens with zero attached hydrogens (tertiary/aromatic N) is 2. The second-order valence-electron chi connectivity index (χ2n) is 2.52. The molecule has 11 heavy (non-hydrogen) atoms. The van der Waals surface area contributed by atoms with Gasteiger partial charge in [-0.2, -0.15) is 0 Å². The van der Waals surface area contributed by atoms with Gasteiger partial charge in [0.15, 0.2) is 10.9 Å². The number of rotatable bonds is 1. The minimum absolute atomic E-state index is 0.320. The molecule has 0 radical (unpaired) electrons. The Kier molecular flexibility index (Phi) is 1.62. The molecule has 0 aliphatic carbocycles. The maximum Gasteiger partial charge on any atom is 0.185 e. The number of carbonyl (C=O) groups is 1. The van der Waals surface area contributed by atoms with Gasteiger partial charge in [0, 0.05) is 24.5 Å². The smallest absolute Gasteiger partial charge is 0.185 e. The number of anilines is 1. The van der Waals surface area contributed by atoms with Crippen molar-refractivity contribution < 1.29 is 4.79 Å². The molecule has 2 heterocycles. The van der Waals surface area contributed by atoms with Crippen molar-refractivity contribution in [1.82, 2.24) is 4.98 Å². The lowest BCUT2D eigenvalue weighted by Crippen LogP contribution is -2.18. The zero-order valence-corrected chi connectivity index (χ0v) is 6.80. The third kappa shape index (κ3) is 1.26. The third-order valence-corrected chi connectivity index (χ3v) is 2.55. The first kappa shape index (κ1) is 6.79. The highest BCUT2D eigenvalue weighted by Gasteiger charge is 2.20. The predicted octanol–water partition coefficient (Wildman–Crippen LogP) is 0.922. The Morgan fingerprint density at radius 2 is 2.55 bits per heavy atom. The standard InChI is InChI=1S/C7H8N2OS/c10-6-1-3-9(5-6)7-8-2-4-11-7/h2,4H,1,3,5H2. The molecule has 0 atom stereocenters. The van der Waals surface area contributed by atoms with Gasteiger partial charge in [-0.25, -0.2) is 4.98 Å². The van der Waals surface area contributed by atoms with E-state index in [1.54, 1.807) is 17.5 Å². The lowest BCUT2D eigenvalue weighted by Gasteiger charge is -2.10. The molecule has 0 amide bonds. The van der Waals surface area contributed by atoms with Gasteiger partial charge in [-0.15, -0.1) is 11.3 Å². The fraction of sp³-hybridized carbons (Fsp3) is 0.429. The Morgan fingerprint density at radius 3 is 3.09 bits per heavy atom. The van der Waals surface area contributed by atoms with Gasteiger partial charge in [-0.3, -0.25) is 4.79 Å². The lowest BCUT2D eigenvalue weighted by atomic mass is 10.4. The molecule has 0 bridgehead atoms. The summed E-state index contributed by atoms with van der Waals surface area (Å²) in [6, 6.07) is 0. The summed E-state index contributed by atoms with van der Waals surface area (Å²) >= 11 is 1.58. The SMILES string of the molecule is O=C1CCN(c2nccs2)C1. The van der Waals surface area contributed by atoms with Crippen LogP contribution in [0.5, 0.6) is 0 Å². The monoisotopic (exact) mass is 168 g/mol. The molecule has 0 spiro atoms. The fourth-order valence-corrected chi connectivity index (χ4v) is 1.84. The molecule has 0 saturated carbocycles. The van der Waals surface area contributed by atoms with Crippen molar-refractivity contribution in [3.05, 3.63) is 11.6 Å². The Morgan fingerprint density at radius 1 is 1.64 bits per heavy atom. The Labute approximate surface area is 68.7 Å². The summed E-state index contributed by atoms with van der Waals surface area (Å²) in [6.45, 7) is 1.39. The van der Waals surface area contributed by atoms with Gasteiger partial charge in [0.2, 0.25) is 0 Å². The van der Waals surface area contributed by atoms with Crippen LogP contribution < -0.4 is 4.90 Å². The third-order valence-electron chi connectivity index (χ3n) is 1.72. The lowest BCUT2D eigenvalue weighted by molar-refractivity contribution is -0.116. The number of hydrogen-bond donors (Lipinski definition) is 0. The molecule has 1 saturated heterocycles. The molecule has 1 aliphatic heterocycles. The van der Waals surface area contributed by atoms with Gasteiger partial charge in [-0.05, 0) is 0 Å². The van der Waals surface area contributed by atoms with Crippen molar-refractivity contribution in [3.63, 3.8) is 0 Å². The average molecular weight is 168 g/mol. The van der Waals surface area contributed by atoms with Crippen LogP contribution in [-0.4, -0.2) is 23.9 Å². The number of ketones is 1. The van der Waals surface area contributed by atoms with Gasteiger partial charge in [-0.1, -0.05) is 0 Å². The quantitative estimate of drug-likeness (QED) is 0.625. The van der Waals surface area contributed by atoms with Gasteiger partial charge in [0.1, 0.15) is 0 Å². The molecule has 3 nitrogen and oxygen atoms in total. The topological polar surface area (TPSA) is 33.2 Å². The summed E-state index contributed by atoms with van der Waals surface area (Å²) < 4.78 is 0.